The summed E-state index contributed by atoms with van der Waals surface area (Å²) in [6.45, 7) is 4.48. The van der Waals surface area contributed by atoms with E-state index in [0.29, 0.717) is 18.0 Å². The number of sulfonamides is 1. The van der Waals surface area contributed by atoms with Crippen LogP contribution < -0.4 is 10.5 Å². The summed E-state index contributed by atoms with van der Waals surface area (Å²) >= 11 is 3.14. The predicted octanol–water partition coefficient (Wildman–Crippen LogP) is 2.42. The molecule has 114 valence electrons. The predicted molar refractivity (Wildman–Crippen MR) is 91.0 cm³/mol. The highest BCUT2D eigenvalue weighted by atomic mass is 32.2. The summed E-state index contributed by atoms with van der Waals surface area (Å²) < 4.78 is 26.4. The highest BCUT2D eigenvalue weighted by molar-refractivity contribution is 8.00. The molecule has 0 aliphatic carbocycles. The lowest BCUT2D eigenvalue weighted by molar-refractivity contribution is 0.572. The Morgan fingerprint density at radius 3 is 2.65 bits per heavy atom. The van der Waals surface area contributed by atoms with Crippen molar-refractivity contribution in [2.75, 3.05) is 30.0 Å². The summed E-state index contributed by atoms with van der Waals surface area (Å²) in [4.78, 5) is 0.990. The van der Waals surface area contributed by atoms with Gasteiger partial charge in [0.2, 0.25) is 10.0 Å². The van der Waals surface area contributed by atoms with E-state index in [1.165, 1.54) is 11.8 Å². The number of hydrogen-bond donors (Lipinski definition) is 2. The third-order valence-corrected chi connectivity index (χ3v) is 6.58. The molecule has 0 spiro atoms. The van der Waals surface area contributed by atoms with Crippen LogP contribution in [-0.4, -0.2) is 37.5 Å². The molecule has 0 aliphatic rings. The first-order chi connectivity index (χ1) is 9.24. The highest BCUT2D eigenvalue weighted by Gasteiger charge is 2.19. The van der Waals surface area contributed by atoms with E-state index in [2.05, 4.69) is 4.72 Å². The Hall–Kier alpha value is -0.370. The maximum absolute atomic E-state index is 11.9. The van der Waals surface area contributed by atoms with Gasteiger partial charge in [0.25, 0.3) is 0 Å². The number of nitrogen functional groups attached to an aromatic ring is 1. The smallest absolute Gasteiger partial charge is 0.212 e. The van der Waals surface area contributed by atoms with Crippen LogP contribution in [0.3, 0.4) is 0 Å². The van der Waals surface area contributed by atoms with Crippen molar-refractivity contribution in [1.29, 1.82) is 0 Å². The first-order valence-electron chi connectivity index (χ1n) is 6.25. The van der Waals surface area contributed by atoms with Crippen molar-refractivity contribution in [1.82, 2.24) is 4.72 Å². The fourth-order valence-corrected chi connectivity index (χ4v) is 4.18. The van der Waals surface area contributed by atoms with Crippen molar-refractivity contribution in [3.8, 4) is 0 Å². The minimum Gasteiger partial charge on any atom is -0.399 e. The van der Waals surface area contributed by atoms with Crippen LogP contribution in [0.25, 0.3) is 0 Å². The Morgan fingerprint density at radius 2 is 2.05 bits per heavy atom. The fourth-order valence-electron chi connectivity index (χ4n) is 1.30. The number of benzene rings is 1. The van der Waals surface area contributed by atoms with Crippen molar-refractivity contribution in [2.24, 2.45) is 0 Å². The largest absolute Gasteiger partial charge is 0.399 e. The third kappa shape index (κ3) is 6.88. The van der Waals surface area contributed by atoms with E-state index in [9.17, 15) is 8.42 Å². The summed E-state index contributed by atoms with van der Waals surface area (Å²) in [5.41, 5.74) is 6.37. The Labute approximate surface area is 130 Å². The van der Waals surface area contributed by atoms with Crippen LogP contribution in [0, 0.1) is 0 Å². The molecule has 0 radical (unpaired) electrons. The van der Waals surface area contributed by atoms with E-state index < -0.39 is 10.0 Å². The van der Waals surface area contributed by atoms with Gasteiger partial charge in [0, 0.05) is 27.6 Å². The lowest BCUT2D eigenvalue weighted by atomic mass is 10.2. The van der Waals surface area contributed by atoms with Crippen LogP contribution in [0.1, 0.15) is 13.8 Å². The number of hydrogen-bond acceptors (Lipinski definition) is 5. The van der Waals surface area contributed by atoms with E-state index in [4.69, 9.17) is 5.73 Å². The molecule has 4 nitrogen and oxygen atoms in total. The van der Waals surface area contributed by atoms with E-state index in [-0.39, 0.29) is 10.5 Å². The van der Waals surface area contributed by atoms with Crippen molar-refractivity contribution in [2.45, 2.75) is 23.5 Å². The van der Waals surface area contributed by atoms with Crippen molar-refractivity contribution < 1.29 is 8.42 Å². The van der Waals surface area contributed by atoms with E-state index in [0.717, 1.165) is 4.90 Å². The van der Waals surface area contributed by atoms with E-state index in [1.54, 1.807) is 11.8 Å². The molecule has 20 heavy (non-hydrogen) atoms. The molecule has 0 aliphatic heterocycles. The highest BCUT2D eigenvalue weighted by Crippen LogP contribution is 2.21. The zero-order chi connectivity index (χ0) is 15.2. The van der Waals surface area contributed by atoms with Gasteiger partial charge in [-0.25, -0.2) is 13.1 Å². The Bertz CT molecular complexity index is 530. The van der Waals surface area contributed by atoms with Crippen LogP contribution in [0.2, 0.25) is 0 Å². The van der Waals surface area contributed by atoms with Gasteiger partial charge in [-0.3, -0.25) is 0 Å². The van der Waals surface area contributed by atoms with Gasteiger partial charge in [-0.1, -0.05) is 6.07 Å². The standard InChI is InChI=1S/C13H22N2O2S3/c1-13(2,18-3)10-15-20(16,17)8-7-19-12-6-4-5-11(14)9-12/h4-6,9,15H,7-8,10,14H2,1-3H3. The van der Waals surface area contributed by atoms with Crippen molar-refractivity contribution in [3.63, 3.8) is 0 Å². The molecule has 0 unspecified atom stereocenters. The van der Waals surface area contributed by atoms with Crippen LogP contribution in [0.4, 0.5) is 5.69 Å². The second-order valence-electron chi connectivity index (χ2n) is 5.02. The molecular weight excluding hydrogens is 312 g/mol. The van der Waals surface area contributed by atoms with Gasteiger partial charge in [-0.15, -0.1) is 11.8 Å². The van der Waals surface area contributed by atoms with Gasteiger partial charge in [0.1, 0.15) is 0 Å². The number of thioether (sulfide) groups is 2. The lowest BCUT2D eigenvalue weighted by Gasteiger charge is -2.22. The van der Waals surface area contributed by atoms with Gasteiger partial charge in [-0.2, -0.15) is 11.8 Å². The van der Waals surface area contributed by atoms with Crippen LogP contribution in [0.15, 0.2) is 29.2 Å². The maximum atomic E-state index is 11.9. The molecular formula is C13H22N2O2S3. The van der Waals surface area contributed by atoms with Crippen molar-refractivity contribution in [3.05, 3.63) is 24.3 Å². The number of rotatable bonds is 8. The minimum atomic E-state index is -3.22. The molecule has 0 heterocycles. The average molecular weight is 335 g/mol. The number of anilines is 1. The molecule has 7 heteroatoms. The van der Waals surface area contributed by atoms with E-state index >= 15 is 0 Å². The Kier molecular flexibility index (Phi) is 6.71. The minimum absolute atomic E-state index is 0.0892. The number of nitrogens with two attached hydrogens (primary N) is 1. The third-order valence-electron chi connectivity index (χ3n) is 2.75. The molecule has 0 saturated heterocycles. The molecule has 0 amide bonds. The molecule has 1 aromatic carbocycles. The molecule has 1 aromatic rings. The Balaban J connectivity index is 2.40. The van der Waals surface area contributed by atoms with Gasteiger partial charge in [0.05, 0.1) is 5.75 Å². The molecule has 0 fully saturated rings. The van der Waals surface area contributed by atoms with Crippen LogP contribution >= 0.6 is 23.5 Å². The summed E-state index contributed by atoms with van der Waals surface area (Å²) in [5, 5.41) is 0. The van der Waals surface area contributed by atoms with Crippen molar-refractivity contribution >= 4 is 39.2 Å². The molecule has 0 atom stereocenters. The maximum Gasteiger partial charge on any atom is 0.212 e. The second kappa shape index (κ2) is 7.59. The first-order valence-corrected chi connectivity index (χ1v) is 10.1. The molecule has 0 saturated carbocycles. The SMILES string of the molecule is CSC(C)(C)CNS(=O)(=O)CCSc1cccc(N)c1. The summed E-state index contributed by atoms with van der Waals surface area (Å²) in [6, 6.07) is 7.46. The normalized spacial score (nSPS) is 12.6. The first kappa shape index (κ1) is 17.7. The van der Waals surface area contributed by atoms with Crippen LogP contribution in [0.5, 0.6) is 0 Å². The lowest BCUT2D eigenvalue weighted by Crippen LogP contribution is -2.37. The average Bonchev–Trinajstić information content (AvgIpc) is 2.37. The summed E-state index contributed by atoms with van der Waals surface area (Å²) in [5.74, 6) is 0.620. The van der Waals surface area contributed by atoms with Crippen LogP contribution in [-0.2, 0) is 10.0 Å². The topological polar surface area (TPSA) is 72.2 Å². The molecule has 1 rings (SSSR count). The quantitative estimate of drug-likeness (QED) is 0.564. The van der Waals surface area contributed by atoms with E-state index in [1.807, 2.05) is 44.4 Å². The molecule has 3 N–H and O–H groups in total. The molecule has 0 aromatic heterocycles. The zero-order valence-electron chi connectivity index (χ0n) is 12.0. The summed E-state index contributed by atoms with van der Waals surface area (Å²) in [7, 11) is -3.22. The molecule has 0 bridgehead atoms. The fraction of sp³-hybridized carbons (Fsp3) is 0.538. The van der Waals surface area contributed by atoms with Gasteiger partial charge in [-0.05, 0) is 38.3 Å². The van der Waals surface area contributed by atoms with Gasteiger partial charge < -0.3 is 5.73 Å². The number of nitrogens with one attached hydrogen (secondary N) is 1. The second-order valence-corrected chi connectivity index (χ2v) is 9.63. The van der Waals surface area contributed by atoms with Gasteiger partial charge in [0.15, 0.2) is 0 Å². The summed E-state index contributed by atoms with van der Waals surface area (Å²) in [6.07, 6.45) is 1.98. The zero-order valence-corrected chi connectivity index (χ0v) is 14.5. The monoisotopic (exact) mass is 334 g/mol. The Morgan fingerprint density at radius 1 is 1.35 bits per heavy atom. The van der Waals surface area contributed by atoms with Gasteiger partial charge >= 0.3 is 0 Å².